The van der Waals surface area contributed by atoms with E-state index in [0.29, 0.717) is 23.8 Å². The molecule has 150 valence electrons. The number of sulfonamides is 1. The van der Waals surface area contributed by atoms with Gasteiger partial charge in [-0.05, 0) is 13.0 Å². The van der Waals surface area contributed by atoms with E-state index in [9.17, 15) is 17.2 Å². The fourth-order valence-corrected chi connectivity index (χ4v) is 3.63. The molecule has 1 aliphatic rings. The first-order valence-corrected chi connectivity index (χ1v) is 10.4. The van der Waals surface area contributed by atoms with E-state index in [0.717, 1.165) is 6.26 Å². The first-order valence-electron chi connectivity index (χ1n) is 8.50. The van der Waals surface area contributed by atoms with Crippen molar-refractivity contribution in [3.63, 3.8) is 0 Å². The summed E-state index contributed by atoms with van der Waals surface area (Å²) in [4.78, 5) is 3.70. The van der Waals surface area contributed by atoms with E-state index in [1.165, 1.54) is 4.31 Å². The van der Waals surface area contributed by atoms with Crippen molar-refractivity contribution in [2.24, 2.45) is 0 Å². The Bertz CT molecular complexity index is 894. The second-order valence-electron chi connectivity index (χ2n) is 6.10. The van der Waals surface area contributed by atoms with Crippen molar-refractivity contribution in [3.8, 4) is 17.1 Å². The lowest BCUT2D eigenvalue weighted by Crippen LogP contribution is -2.39. The fourth-order valence-electron chi connectivity index (χ4n) is 2.54. The first kappa shape index (κ1) is 21.2. The fraction of sp³-hybridized carbons (Fsp3) is 0.529. The number of rotatable bonds is 3. The average Bonchev–Trinajstić information content (AvgIpc) is 3.03. The monoisotopic (exact) mass is 403 g/mol. The molecule has 0 aliphatic carbocycles. The van der Waals surface area contributed by atoms with Crippen molar-refractivity contribution in [3.05, 3.63) is 29.7 Å². The number of halogens is 2. The average molecular weight is 403 g/mol. The van der Waals surface area contributed by atoms with E-state index in [1.54, 1.807) is 25.1 Å². The van der Waals surface area contributed by atoms with Gasteiger partial charge in [-0.25, -0.2) is 8.42 Å². The Hall–Kier alpha value is -2.07. The Morgan fingerprint density at radius 2 is 1.96 bits per heavy atom. The summed E-state index contributed by atoms with van der Waals surface area (Å²) in [5.74, 6) is -3.51. The van der Waals surface area contributed by atoms with Gasteiger partial charge in [-0.3, -0.25) is 0 Å². The van der Waals surface area contributed by atoms with Crippen molar-refractivity contribution >= 4 is 10.0 Å². The predicted molar refractivity (Wildman–Crippen MR) is 96.0 cm³/mol. The molecule has 0 spiro atoms. The van der Waals surface area contributed by atoms with E-state index >= 15 is 0 Å². The van der Waals surface area contributed by atoms with Gasteiger partial charge in [0.05, 0.1) is 12.3 Å². The zero-order valence-electron chi connectivity index (χ0n) is 15.9. The third-order valence-electron chi connectivity index (χ3n) is 3.85. The second-order valence-corrected chi connectivity index (χ2v) is 8.04. The number of hydrogen-bond acceptors (Lipinski definition) is 6. The van der Waals surface area contributed by atoms with Crippen molar-refractivity contribution in [2.75, 3.05) is 12.9 Å². The predicted octanol–water partition coefficient (Wildman–Crippen LogP) is 3.42. The van der Waals surface area contributed by atoms with Gasteiger partial charge in [0.2, 0.25) is 15.8 Å². The molecule has 27 heavy (non-hydrogen) atoms. The minimum atomic E-state index is -3.39. The van der Waals surface area contributed by atoms with E-state index in [4.69, 9.17) is 4.74 Å². The van der Waals surface area contributed by atoms with Crippen LogP contribution in [0.3, 0.4) is 0 Å². The van der Waals surface area contributed by atoms with E-state index < -0.39 is 21.8 Å². The van der Waals surface area contributed by atoms with Gasteiger partial charge < -0.3 is 9.26 Å². The quantitative estimate of drug-likeness (QED) is 0.781. The highest BCUT2D eigenvalue weighted by molar-refractivity contribution is 7.88. The SMILES string of the molecule is CC.C[C@H]1COc2cc(-c3noc(C(C)(F)F)n3)ccc2CN1S(C)(=O)=O. The van der Waals surface area contributed by atoms with Gasteiger partial charge in [0, 0.05) is 24.6 Å². The lowest BCUT2D eigenvalue weighted by molar-refractivity contribution is -0.0158. The number of nitrogens with zero attached hydrogens (tertiary/aromatic N) is 3. The van der Waals surface area contributed by atoms with Crippen LogP contribution in [0, 0.1) is 0 Å². The van der Waals surface area contributed by atoms with Crippen LogP contribution in [0.5, 0.6) is 5.75 Å². The summed E-state index contributed by atoms with van der Waals surface area (Å²) in [5, 5.41) is 3.57. The minimum Gasteiger partial charge on any atom is -0.492 e. The summed E-state index contributed by atoms with van der Waals surface area (Å²) < 4.78 is 61.9. The highest BCUT2D eigenvalue weighted by Crippen LogP contribution is 2.32. The molecule has 0 fully saturated rings. The topological polar surface area (TPSA) is 85.5 Å². The molecule has 1 aromatic heterocycles. The lowest BCUT2D eigenvalue weighted by Gasteiger charge is -2.23. The maximum atomic E-state index is 13.2. The molecule has 2 aromatic rings. The molecule has 2 heterocycles. The molecule has 7 nitrogen and oxygen atoms in total. The molecule has 0 radical (unpaired) electrons. The zero-order chi connectivity index (χ0) is 20.4. The largest absolute Gasteiger partial charge is 0.492 e. The Balaban J connectivity index is 0.00000126. The molecule has 0 saturated carbocycles. The van der Waals surface area contributed by atoms with Crippen LogP contribution in [0.1, 0.15) is 39.1 Å². The standard InChI is InChI=1S/C15H17F2N3O4S.C2H6/c1-9-8-23-12-6-10(13-18-14(24-19-13)15(2,16)17)4-5-11(12)7-20(9)25(3,21)22;1-2/h4-6,9H,7-8H2,1-3H3;1-2H3/t9-;/m0./s1. The molecule has 1 aromatic carbocycles. The molecule has 0 saturated heterocycles. The molecule has 1 aliphatic heterocycles. The van der Waals surface area contributed by atoms with Crippen LogP contribution in [-0.4, -0.2) is 41.8 Å². The molecule has 0 bridgehead atoms. The van der Waals surface area contributed by atoms with Gasteiger partial charge in [0.1, 0.15) is 12.4 Å². The van der Waals surface area contributed by atoms with Crippen molar-refractivity contribution < 1.29 is 26.5 Å². The van der Waals surface area contributed by atoms with E-state index in [1.807, 2.05) is 13.8 Å². The van der Waals surface area contributed by atoms with Crippen LogP contribution >= 0.6 is 0 Å². The number of ether oxygens (including phenoxy) is 1. The van der Waals surface area contributed by atoms with Crippen molar-refractivity contribution in [2.45, 2.75) is 46.2 Å². The molecule has 1 atom stereocenters. The third-order valence-corrected chi connectivity index (χ3v) is 5.19. The van der Waals surface area contributed by atoms with Crippen LogP contribution in [0.15, 0.2) is 22.7 Å². The van der Waals surface area contributed by atoms with Gasteiger partial charge in [-0.15, -0.1) is 0 Å². The van der Waals surface area contributed by atoms with E-state index in [-0.39, 0.29) is 25.0 Å². The molecule has 0 amide bonds. The molecule has 0 N–H and O–H groups in total. The van der Waals surface area contributed by atoms with E-state index in [2.05, 4.69) is 14.7 Å². The highest BCUT2D eigenvalue weighted by Gasteiger charge is 2.33. The molecular weight excluding hydrogens is 380 g/mol. The third kappa shape index (κ3) is 4.81. The first-order chi connectivity index (χ1) is 12.6. The number of alkyl halides is 2. The van der Waals surface area contributed by atoms with Gasteiger partial charge in [0.15, 0.2) is 0 Å². The minimum absolute atomic E-state index is 0.0141. The Labute approximate surface area is 157 Å². The Morgan fingerprint density at radius 1 is 1.30 bits per heavy atom. The summed E-state index contributed by atoms with van der Waals surface area (Å²) in [6.07, 6.45) is 1.15. The summed E-state index contributed by atoms with van der Waals surface area (Å²) in [6, 6.07) is 4.54. The number of hydrogen-bond donors (Lipinski definition) is 0. The Kier molecular flexibility index (Phi) is 6.21. The highest BCUT2D eigenvalue weighted by atomic mass is 32.2. The van der Waals surface area contributed by atoms with Gasteiger partial charge in [-0.2, -0.15) is 18.1 Å². The molecular formula is C17H23F2N3O4S. The summed E-state index contributed by atoms with van der Waals surface area (Å²) >= 11 is 0. The van der Waals surface area contributed by atoms with Gasteiger partial charge in [-0.1, -0.05) is 31.1 Å². The van der Waals surface area contributed by atoms with Crippen LogP contribution in [0.4, 0.5) is 8.78 Å². The van der Waals surface area contributed by atoms with Crippen LogP contribution in [-0.2, 0) is 22.5 Å². The zero-order valence-corrected chi connectivity index (χ0v) is 16.7. The smallest absolute Gasteiger partial charge is 0.322 e. The van der Waals surface area contributed by atoms with Gasteiger partial charge in [0.25, 0.3) is 5.89 Å². The maximum Gasteiger partial charge on any atom is 0.322 e. The molecule has 0 unspecified atom stereocenters. The van der Waals surface area contributed by atoms with Crippen molar-refractivity contribution in [1.29, 1.82) is 0 Å². The normalized spacial score (nSPS) is 18.0. The molecule has 3 rings (SSSR count). The van der Waals surface area contributed by atoms with Gasteiger partial charge >= 0.3 is 5.92 Å². The summed E-state index contributed by atoms with van der Waals surface area (Å²) in [5.41, 5.74) is 1.11. The maximum absolute atomic E-state index is 13.2. The lowest BCUT2D eigenvalue weighted by atomic mass is 10.1. The number of fused-ring (bicyclic) bond motifs is 1. The summed E-state index contributed by atoms with van der Waals surface area (Å²) in [7, 11) is -3.39. The van der Waals surface area contributed by atoms with Crippen LogP contribution in [0.25, 0.3) is 11.4 Å². The van der Waals surface area contributed by atoms with Crippen LogP contribution in [0.2, 0.25) is 0 Å². The van der Waals surface area contributed by atoms with Crippen LogP contribution < -0.4 is 4.74 Å². The number of benzene rings is 1. The second kappa shape index (κ2) is 7.89. The summed E-state index contributed by atoms with van der Waals surface area (Å²) in [6.45, 7) is 6.77. The van der Waals surface area contributed by atoms with Crippen molar-refractivity contribution in [1.82, 2.24) is 14.4 Å². The number of aromatic nitrogens is 2. The Morgan fingerprint density at radius 3 is 2.52 bits per heavy atom. The molecule has 10 heteroatoms.